The second kappa shape index (κ2) is 4.97. The van der Waals surface area contributed by atoms with Crippen molar-refractivity contribution in [2.45, 2.75) is 9.79 Å². The van der Waals surface area contributed by atoms with Crippen molar-refractivity contribution in [3.63, 3.8) is 0 Å². The Morgan fingerprint density at radius 1 is 1.24 bits per heavy atom. The number of benzene rings is 1. The molecule has 0 fully saturated rings. The summed E-state index contributed by atoms with van der Waals surface area (Å²) >= 11 is 1.21. The molecule has 0 aliphatic rings. The average Bonchev–Trinajstić information content (AvgIpc) is 2.32. The maximum Gasteiger partial charge on any atom is 0.137 e. The van der Waals surface area contributed by atoms with Gasteiger partial charge in [0, 0.05) is 27.7 Å². The predicted octanol–water partition coefficient (Wildman–Crippen LogP) is 2.66. The zero-order valence-electron chi connectivity index (χ0n) is 8.85. The van der Waals surface area contributed by atoms with Gasteiger partial charge in [0.15, 0.2) is 0 Å². The van der Waals surface area contributed by atoms with E-state index in [0.29, 0.717) is 15.4 Å². The summed E-state index contributed by atoms with van der Waals surface area (Å²) in [6, 6.07) is 8.11. The lowest BCUT2D eigenvalue weighted by Gasteiger charge is -2.07. The van der Waals surface area contributed by atoms with Gasteiger partial charge in [0.05, 0.1) is 0 Å². The van der Waals surface area contributed by atoms with Crippen LogP contribution in [0.5, 0.6) is 0 Å². The number of rotatable bonds is 3. The molecule has 0 atom stereocenters. The van der Waals surface area contributed by atoms with E-state index >= 15 is 0 Å². The Bertz CT molecular complexity index is 557. The standard InChI is InChI=1S/C12H10FN3S/c13-9-3-1-2-4-10(9)17-11-7-16-6-5-8(11)12(14)15/h1-7H,(H3,14,15). The van der Waals surface area contributed by atoms with Crippen LogP contribution in [0.15, 0.2) is 52.5 Å². The molecule has 0 unspecified atom stereocenters. The van der Waals surface area contributed by atoms with Crippen LogP contribution in [0.3, 0.4) is 0 Å². The lowest BCUT2D eigenvalue weighted by atomic mass is 10.2. The van der Waals surface area contributed by atoms with Crippen LogP contribution in [0.25, 0.3) is 0 Å². The van der Waals surface area contributed by atoms with E-state index in [-0.39, 0.29) is 11.7 Å². The molecular weight excluding hydrogens is 237 g/mol. The summed E-state index contributed by atoms with van der Waals surface area (Å²) in [5.41, 5.74) is 6.02. The molecule has 0 aliphatic heterocycles. The molecule has 2 aromatic rings. The van der Waals surface area contributed by atoms with Crippen LogP contribution in [-0.2, 0) is 0 Å². The largest absolute Gasteiger partial charge is 0.384 e. The molecule has 1 heterocycles. The summed E-state index contributed by atoms with van der Waals surface area (Å²) < 4.78 is 13.5. The lowest BCUT2D eigenvalue weighted by Crippen LogP contribution is -2.12. The van der Waals surface area contributed by atoms with Crippen molar-refractivity contribution < 1.29 is 4.39 Å². The summed E-state index contributed by atoms with van der Waals surface area (Å²) in [6.07, 6.45) is 3.13. The number of nitrogen functional groups attached to an aromatic ring is 1. The van der Waals surface area contributed by atoms with E-state index in [2.05, 4.69) is 4.98 Å². The Hall–Kier alpha value is -1.88. The van der Waals surface area contributed by atoms with Gasteiger partial charge in [-0.1, -0.05) is 23.9 Å². The van der Waals surface area contributed by atoms with Crippen molar-refractivity contribution in [1.29, 1.82) is 5.41 Å². The van der Waals surface area contributed by atoms with Crippen molar-refractivity contribution in [2.24, 2.45) is 5.73 Å². The van der Waals surface area contributed by atoms with Gasteiger partial charge in [0.2, 0.25) is 0 Å². The first-order chi connectivity index (χ1) is 8.18. The van der Waals surface area contributed by atoms with E-state index < -0.39 is 0 Å². The second-order valence-electron chi connectivity index (χ2n) is 3.32. The molecule has 0 spiro atoms. The Morgan fingerprint density at radius 2 is 2.00 bits per heavy atom. The maximum absolute atomic E-state index is 13.5. The number of nitrogens with two attached hydrogens (primary N) is 1. The molecule has 2 rings (SSSR count). The summed E-state index contributed by atoms with van der Waals surface area (Å²) in [4.78, 5) is 5.12. The van der Waals surface area contributed by atoms with Crippen LogP contribution >= 0.6 is 11.8 Å². The third-order valence-corrected chi connectivity index (χ3v) is 3.23. The van der Waals surface area contributed by atoms with Crippen LogP contribution < -0.4 is 5.73 Å². The summed E-state index contributed by atoms with van der Waals surface area (Å²) in [6.45, 7) is 0. The summed E-state index contributed by atoms with van der Waals surface area (Å²) in [5.74, 6) is -0.345. The molecule has 3 N–H and O–H groups in total. The van der Waals surface area contributed by atoms with Gasteiger partial charge >= 0.3 is 0 Å². The maximum atomic E-state index is 13.5. The summed E-state index contributed by atoms with van der Waals surface area (Å²) in [7, 11) is 0. The first-order valence-electron chi connectivity index (χ1n) is 4.89. The van der Waals surface area contributed by atoms with Gasteiger partial charge in [-0.2, -0.15) is 0 Å². The fourth-order valence-corrected chi connectivity index (χ4v) is 2.28. The highest BCUT2D eigenvalue weighted by atomic mass is 32.2. The average molecular weight is 247 g/mol. The van der Waals surface area contributed by atoms with Crippen molar-refractivity contribution in [2.75, 3.05) is 0 Å². The molecule has 1 aromatic carbocycles. The monoisotopic (exact) mass is 247 g/mol. The van der Waals surface area contributed by atoms with Gasteiger partial charge in [-0.25, -0.2) is 4.39 Å². The highest BCUT2D eigenvalue weighted by Crippen LogP contribution is 2.31. The van der Waals surface area contributed by atoms with Gasteiger partial charge in [-0.05, 0) is 18.2 Å². The quantitative estimate of drug-likeness (QED) is 0.647. The van der Waals surface area contributed by atoms with Gasteiger partial charge in [0.25, 0.3) is 0 Å². The first kappa shape index (κ1) is 11.6. The van der Waals surface area contributed by atoms with Crippen LogP contribution in [0.2, 0.25) is 0 Å². The van der Waals surface area contributed by atoms with Gasteiger partial charge < -0.3 is 5.73 Å². The van der Waals surface area contributed by atoms with Crippen molar-refractivity contribution in [3.05, 3.63) is 54.1 Å². The molecule has 0 bridgehead atoms. The van der Waals surface area contributed by atoms with Crippen LogP contribution in [-0.4, -0.2) is 10.8 Å². The third kappa shape index (κ3) is 2.62. The van der Waals surface area contributed by atoms with Gasteiger partial charge in [-0.15, -0.1) is 0 Å². The number of halogens is 1. The van der Waals surface area contributed by atoms with Gasteiger partial charge in [-0.3, -0.25) is 10.4 Å². The van der Waals surface area contributed by atoms with Crippen LogP contribution in [0.1, 0.15) is 5.56 Å². The fraction of sp³-hybridized carbons (Fsp3) is 0. The Labute approximate surface area is 102 Å². The molecule has 0 radical (unpaired) electrons. The topological polar surface area (TPSA) is 62.8 Å². The van der Waals surface area contributed by atoms with Crippen molar-refractivity contribution >= 4 is 17.6 Å². The number of hydrogen-bond acceptors (Lipinski definition) is 3. The Kier molecular flexibility index (Phi) is 3.39. The zero-order valence-corrected chi connectivity index (χ0v) is 9.67. The highest BCUT2D eigenvalue weighted by molar-refractivity contribution is 7.99. The van der Waals surface area contributed by atoms with E-state index in [0.717, 1.165) is 0 Å². The molecular formula is C12H10FN3S. The van der Waals surface area contributed by atoms with Crippen LogP contribution in [0, 0.1) is 11.2 Å². The normalized spacial score (nSPS) is 10.2. The van der Waals surface area contributed by atoms with E-state index in [4.69, 9.17) is 11.1 Å². The Morgan fingerprint density at radius 3 is 2.71 bits per heavy atom. The van der Waals surface area contributed by atoms with E-state index in [1.54, 1.807) is 36.7 Å². The number of nitrogens with one attached hydrogen (secondary N) is 1. The Balaban J connectivity index is 2.37. The van der Waals surface area contributed by atoms with E-state index in [1.807, 2.05) is 0 Å². The number of aromatic nitrogens is 1. The molecule has 17 heavy (non-hydrogen) atoms. The van der Waals surface area contributed by atoms with E-state index in [1.165, 1.54) is 17.8 Å². The van der Waals surface area contributed by atoms with E-state index in [9.17, 15) is 4.39 Å². The number of hydrogen-bond donors (Lipinski definition) is 2. The molecule has 0 amide bonds. The molecule has 86 valence electrons. The smallest absolute Gasteiger partial charge is 0.137 e. The zero-order chi connectivity index (χ0) is 12.3. The minimum atomic E-state index is -0.296. The minimum absolute atomic E-state index is 0.0498. The SMILES string of the molecule is N=C(N)c1ccncc1Sc1ccccc1F. The minimum Gasteiger partial charge on any atom is -0.384 e. The third-order valence-electron chi connectivity index (χ3n) is 2.13. The number of nitrogens with zero attached hydrogens (tertiary/aromatic N) is 1. The fourth-order valence-electron chi connectivity index (χ4n) is 1.33. The van der Waals surface area contributed by atoms with Gasteiger partial charge in [0.1, 0.15) is 11.7 Å². The second-order valence-corrected chi connectivity index (χ2v) is 4.40. The van der Waals surface area contributed by atoms with Crippen molar-refractivity contribution in [1.82, 2.24) is 4.98 Å². The predicted molar refractivity (Wildman–Crippen MR) is 65.8 cm³/mol. The molecule has 0 aliphatic carbocycles. The molecule has 0 saturated heterocycles. The van der Waals surface area contributed by atoms with Crippen LogP contribution in [0.4, 0.5) is 4.39 Å². The number of pyridine rings is 1. The number of amidine groups is 1. The molecule has 0 saturated carbocycles. The lowest BCUT2D eigenvalue weighted by molar-refractivity contribution is 0.602. The first-order valence-corrected chi connectivity index (χ1v) is 5.71. The highest BCUT2D eigenvalue weighted by Gasteiger charge is 2.09. The summed E-state index contributed by atoms with van der Waals surface area (Å²) in [5, 5.41) is 7.44. The molecule has 5 heteroatoms. The van der Waals surface area contributed by atoms with Crippen molar-refractivity contribution in [3.8, 4) is 0 Å². The molecule has 1 aromatic heterocycles. The molecule has 3 nitrogen and oxygen atoms in total.